The van der Waals surface area contributed by atoms with Crippen LogP contribution in [0, 0.1) is 0 Å². The molecule has 0 fully saturated rings. The van der Waals surface area contributed by atoms with Gasteiger partial charge in [0, 0.05) is 18.0 Å². The van der Waals surface area contributed by atoms with Gasteiger partial charge < -0.3 is 5.32 Å². The summed E-state index contributed by atoms with van der Waals surface area (Å²) in [7, 11) is 0. The number of amides is 1. The minimum atomic E-state index is -0.00659. The van der Waals surface area contributed by atoms with Crippen molar-refractivity contribution in [3.63, 3.8) is 0 Å². The van der Waals surface area contributed by atoms with E-state index in [0.29, 0.717) is 18.2 Å². The Morgan fingerprint density at radius 2 is 2.03 bits per heavy atom. The highest BCUT2D eigenvalue weighted by atomic mass is 32.2. The molecule has 0 atom stereocenters. The van der Waals surface area contributed by atoms with Gasteiger partial charge in [-0.1, -0.05) is 55.4 Å². The first-order valence-electron chi connectivity index (χ1n) is 11.2. The van der Waals surface area contributed by atoms with Crippen LogP contribution in [-0.2, 0) is 30.6 Å². The largest absolute Gasteiger partial charge is 0.355 e. The van der Waals surface area contributed by atoms with Crippen LogP contribution in [0.2, 0.25) is 0 Å². The average Bonchev–Trinajstić information content (AvgIpc) is 3.16. The van der Waals surface area contributed by atoms with Crippen molar-refractivity contribution in [2.24, 2.45) is 0 Å². The molecular weight excluding hydrogens is 426 g/mol. The van der Waals surface area contributed by atoms with E-state index in [2.05, 4.69) is 24.4 Å². The zero-order valence-corrected chi connectivity index (χ0v) is 19.6. The highest BCUT2D eigenvalue weighted by Gasteiger charge is 2.22. The number of aromatic nitrogens is 2. The van der Waals surface area contributed by atoms with Gasteiger partial charge in [0.15, 0.2) is 5.16 Å². The lowest BCUT2D eigenvalue weighted by atomic mass is 9.97. The Morgan fingerprint density at radius 1 is 1.23 bits per heavy atom. The van der Waals surface area contributed by atoms with Crippen LogP contribution in [0.25, 0.3) is 10.2 Å². The zero-order chi connectivity index (χ0) is 21.6. The maximum Gasteiger partial charge on any atom is 0.263 e. The van der Waals surface area contributed by atoms with Crippen molar-refractivity contribution in [2.45, 2.75) is 63.6 Å². The van der Waals surface area contributed by atoms with E-state index in [1.807, 2.05) is 18.2 Å². The van der Waals surface area contributed by atoms with Crippen LogP contribution in [0.4, 0.5) is 0 Å². The number of thiophene rings is 1. The molecule has 0 aliphatic heterocycles. The molecule has 0 radical (unpaired) electrons. The van der Waals surface area contributed by atoms with E-state index in [4.69, 9.17) is 4.98 Å². The van der Waals surface area contributed by atoms with Gasteiger partial charge in [0.2, 0.25) is 5.91 Å². The summed E-state index contributed by atoms with van der Waals surface area (Å²) >= 11 is 3.03. The first-order valence-corrected chi connectivity index (χ1v) is 13.0. The molecule has 31 heavy (non-hydrogen) atoms. The van der Waals surface area contributed by atoms with Gasteiger partial charge in [-0.3, -0.25) is 14.2 Å². The van der Waals surface area contributed by atoms with E-state index >= 15 is 0 Å². The highest BCUT2D eigenvalue weighted by Crippen LogP contribution is 2.34. The number of unbranched alkanes of at least 4 members (excludes halogenated alkanes) is 1. The Bertz CT molecular complexity index is 1110. The maximum atomic E-state index is 13.6. The number of carbonyl (C=O) groups excluding carboxylic acids is 1. The van der Waals surface area contributed by atoms with Crippen molar-refractivity contribution >= 4 is 39.2 Å². The van der Waals surface area contributed by atoms with Gasteiger partial charge in [-0.05, 0) is 49.7 Å². The smallest absolute Gasteiger partial charge is 0.263 e. The SMILES string of the molecule is CCCCNC(=O)CSc1nc2sc3c(c2c(=O)n1CCc1ccccc1)CCCC3. The molecule has 1 amide bonds. The van der Waals surface area contributed by atoms with Crippen LogP contribution >= 0.6 is 23.1 Å². The van der Waals surface area contributed by atoms with E-state index in [1.165, 1.54) is 34.2 Å². The summed E-state index contributed by atoms with van der Waals surface area (Å²) in [5.74, 6) is 0.269. The third-order valence-corrected chi connectivity index (χ3v) is 7.85. The van der Waals surface area contributed by atoms with Crippen LogP contribution < -0.4 is 10.9 Å². The second-order valence-electron chi connectivity index (χ2n) is 7.97. The molecule has 0 saturated carbocycles. The molecule has 1 aliphatic carbocycles. The first kappa shape index (κ1) is 22.1. The molecule has 5 nitrogen and oxygen atoms in total. The Hall–Kier alpha value is -2.12. The third kappa shape index (κ3) is 5.21. The van der Waals surface area contributed by atoms with Crippen molar-refractivity contribution in [3.05, 3.63) is 56.7 Å². The van der Waals surface area contributed by atoms with Crippen molar-refractivity contribution < 1.29 is 4.79 Å². The number of hydrogen-bond donors (Lipinski definition) is 1. The standard InChI is InChI=1S/C24H29N3O2S2/c1-2-3-14-25-20(28)16-30-24-26-22-21(18-11-7-8-12-19(18)31-22)23(29)27(24)15-13-17-9-5-4-6-10-17/h4-6,9-10H,2-3,7-8,11-16H2,1H3,(H,25,28). The molecule has 1 aliphatic rings. The predicted molar refractivity (Wildman–Crippen MR) is 129 cm³/mol. The molecule has 164 valence electrons. The molecule has 0 bridgehead atoms. The van der Waals surface area contributed by atoms with Crippen LogP contribution in [0.1, 0.15) is 48.6 Å². The average molecular weight is 456 g/mol. The van der Waals surface area contributed by atoms with Crippen molar-refractivity contribution in [2.75, 3.05) is 12.3 Å². The van der Waals surface area contributed by atoms with Crippen molar-refractivity contribution in [3.8, 4) is 0 Å². The van der Waals surface area contributed by atoms with Gasteiger partial charge >= 0.3 is 0 Å². The number of nitrogens with one attached hydrogen (secondary N) is 1. The molecule has 4 rings (SSSR count). The molecule has 1 N–H and O–H groups in total. The number of hydrogen-bond acceptors (Lipinski definition) is 5. The number of fused-ring (bicyclic) bond motifs is 3. The summed E-state index contributed by atoms with van der Waals surface area (Å²) in [4.78, 5) is 32.9. The van der Waals surface area contributed by atoms with Crippen LogP contribution in [0.3, 0.4) is 0 Å². The monoisotopic (exact) mass is 455 g/mol. The van der Waals surface area contributed by atoms with Gasteiger partial charge in [0.25, 0.3) is 5.56 Å². The predicted octanol–water partition coefficient (Wildman–Crippen LogP) is 4.59. The van der Waals surface area contributed by atoms with Gasteiger partial charge in [-0.2, -0.15) is 0 Å². The molecule has 1 aromatic carbocycles. The lowest BCUT2D eigenvalue weighted by Crippen LogP contribution is -2.28. The summed E-state index contributed by atoms with van der Waals surface area (Å²) in [6, 6.07) is 10.2. The Kier molecular flexibility index (Phi) is 7.45. The van der Waals surface area contributed by atoms with Crippen LogP contribution in [0.5, 0.6) is 0 Å². The Morgan fingerprint density at radius 3 is 2.84 bits per heavy atom. The summed E-state index contributed by atoms with van der Waals surface area (Å²) in [5, 5.41) is 4.41. The number of aryl methyl sites for hydroxylation is 3. The van der Waals surface area contributed by atoms with E-state index in [-0.39, 0.29) is 17.2 Å². The molecule has 7 heteroatoms. The first-order chi connectivity index (χ1) is 15.2. The third-order valence-electron chi connectivity index (χ3n) is 5.69. The minimum absolute atomic E-state index is 0.00659. The summed E-state index contributed by atoms with van der Waals surface area (Å²) in [6.07, 6.45) is 7.12. The number of rotatable bonds is 9. The molecule has 0 spiro atoms. The molecular formula is C24H29N3O2S2. The van der Waals surface area contributed by atoms with E-state index in [1.54, 1.807) is 15.9 Å². The molecule has 0 saturated heterocycles. The minimum Gasteiger partial charge on any atom is -0.355 e. The summed E-state index contributed by atoms with van der Waals surface area (Å²) < 4.78 is 1.79. The van der Waals surface area contributed by atoms with E-state index in [9.17, 15) is 9.59 Å². The number of nitrogens with zero attached hydrogens (tertiary/aromatic N) is 2. The normalized spacial score (nSPS) is 13.3. The fraction of sp³-hybridized carbons (Fsp3) is 0.458. The Labute approximate surface area is 191 Å². The molecule has 2 aromatic heterocycles. The second kappa shape index (κ2) is 10.5. The van der Waals surface area contributed by atoms with Gasteiger partial charge in [-0.15, -0.1) is 11.3 Å². The second-order valence-corrected chi connectivity index (χ2v) is 10.00. The van der Waals surface area contributed by atoms with Crippen molar-refractivity contribution in [1.29, 1.82) is 0 Å². The number of carbonyl (C=O) groups is 1. The zero-order valence-electron chi connectivity index (χ0n) is 18.0. The highest BCUT2D eigenvalue weighted by molar-refractivity contribution is 7.99. The lowest BCUT2D eigenvalue weighted by molar-refractivity contribution is -0.118. The van der Waals surface area contributed by atoms with Gasteiger partial charge in [0.05, 0.1) is 11.1 Å². The van der Waals surface area contributed by atoms with E-state index < -0.39 is 0 Å². The Balaban J connectivity index is 1.63. The fourth-order valence-corrected chi connectivity index (χ4v) is 6.16. The van der Waals surface area contributed by atoms with E-state index in [0.717, 1.165) is 48.7 Å². The number of benzene rings is 1. The summed E-state index contributed by atoms with van der Waals surface area (Å²) in [5.41, 5.74) is 2.45. The number of thioether (sulfide) groups is 1. The molecule has 2 heterocycles. The van der Waals surface area contributed by atoms with Gasteiger partial charge in [0.1, 0.15) is 4.83 Å². The topological polar surface area (TPSA) is 64.0 Å². The molecule has 3 aromatic rings. The maximum absolute atomic E-state index is 13.6. The molecule has 0 unspecified atom stereocenters. The quantitative estimate of drug-likeness (QED) is 0.291. The lowest BCUT2D eigenvalue weighted by Gasteiger charge is -2.13. The van der Waals surface area contributed by atoms with Crippen LogP contribution in [0.15, 0.2) is 40.3 Å². The summed E-state index contributed by atoms with van der Waals surface area (Å²) in [6.45, 7) is 3.36. The van der Waals surface area contributed by atoms with Gasteiger partial charge in [-0.25, -0.2) is 4.98 Å². The van der Waals surface area contributed by atoms with Crippen molar-refractivity contribution in [1.82, 2.24) is 14.9 Å². The van der Waals surface area contributed by atoms with Crippen LogP contribution in [-0.4, -0.2) is 27.8 Å². The fourth-order valence-electron chi connectivity index (χ4n) is 4.00.